The predicted octanol–water partition coefficient (Wildman–Crippen LogP) is 5.09. The molecule has 1 aliphatic carbocycles. The van der Waals surface area contributed by atoms with Crippen LogP contribution in [0.4, 0.5) is 0 Å². The summed E-state index contributed by atoms with van der Waals surface area (Å²) < 4.78 is 13.4. The Kier molecular flexibility index (Phi) is 7.10. The minimum atomic E-state index is 0.116. The molecule has 3 saturated heterocycles. The molecule has 4 heterocycles. The molecule has 210 valence electrons. The van der Waals surface area contributed by atoms with Crippen LogP contribution in [-0.4, -0.2) is 77.8 Å². The largest absolute Gasteiger partial charge is 0.378 e. The molecule has 3 aromatic rings. The summed E-state index contributed by atoms with van der Waals surface area (Å²) >= 11 is 0. The molecule has 0 N–H and O–H groups in total. The van der Waals surface area contributed by atoms with Crippen LogP contribution in [0.15, 0.2) is 54.7 Å². The van der Waals surface area contributed by atoms with Gasteiger partial charge in [-0.25, -0.2) is 0 Å². The second-order valence-corrected chi connectivity index (χ2v) is 12.1. The number of fused-ring (bicyclic) bond motifs is 3. The van der Waals surface area contributed by atoms with Crippen molar-refractivity contribution in [2.45, 2.75) is 63.1 Å². The van der Waals surface area contributed by atoms with Crippen molar-refractivity contribution in [3.05, 3.63) is 71.4 Å². The van der Waals surface area contributed by atoms with Crippen LogP contribution in [0.3, 0.4) is 0 Å². The van der Waals surface area contributed by atoms with Gasteiger partial charge in [-0.3, -0.25) is 9.59 Å². The van der Waals surface area contributed by atoms with Gasteiger partial charge in [0.2, 0.25) is 0 Å². The van der Waals surface area contributed by atoms with Gasteiger partial charge >= 0.3 is 0 Å². The maximum Gasteiger partial charge on any atom is 0.256 e. The zero-order chi connectivity index (χ0) is 27.1. The molecule has 2 atom stereocenters. The fraction of sp³-hybridized carbons (Fsp3) is 0.515. The smallest absolute Gasteiger partial charge is 0.256 e. The lowest BCUT2D eigenvalue weighted by atomic mass is 9.78. The molecule has 7 rings (SSSR count). The Morgan fingerprint density at radius 2 is 1.48 bits per heavy atom. The maximum absolute atomic E-state index is 13.3. The van der Waals surface area contributed by atoms with Gasteiger partial charge in [-0.05, 0) is 74.1 Å². The van der Waals surface area contributed by atoms with Gasteiger partial charge < -0.3 is 23.8 Å². The Morgan fingerprint density at radius 3 is 2.20 bits per heavy atom. The summed E-state index contributed by atoms with van der Waals surface area (Å²) in [5.41, 5.74) is 4.11. The van der Waals surface area contributed by atoms with Crippen LogP contribution >= 0.6 is 0 Å². The standard InChI is InChI=1S/C33H39N3O4/c37-32(36-27-13-14-28(36)22-40-21-27)26-11-9-25(10-12-26)24-7-5-23(6-8-24)19-35-20-30(29-3-1-2-4-31(29)35)33(38)34-15-17-39-18-16-34/h1-4,9-12,20,23-24,27-28H,5-8,13-19,21-22H2. The van der Waals surface area contributed by atoms with Gasteiger partial charge in [-0.2, -0.15) is 0 Å². The third kappa shape index (κ3) is 4.83. The summed E-state index contributed by atoms with van der Waals surface area (Å²) in [6, 6.07) is 17.2. The summed E-state index contributed by atoms with van der Waals surface area (Å²) in [5.74, 6) is 1.41. The number of amides is 2. The van der Waals surface area contributed by atoms with Crippen LogP contribution in [0.5, 0.6) is 0 Å². The summed E-state index contributed by atoms with van der Waals surface area (Å²) in [7, 11) is 0. The van der Waals surface area contributed by atoms with Crippen LogP contribution in [0.1, 0.15) is 70.7 Å². The highest BCUT2D eigenvalue weighted by Crippen LogP contribution is 2.38. The Hall–Kier alpha value is -3.16. The highest BCUT2D eigenvalue weighted by Gasteiger charge is 2.40. The molecule has 2 unspecified atom stereocenters. The molecule has 3 aliphatic heterocycles. The number of carbonyl (C=O) groups excluding carboxylic acids is 2. The molecule has 2 bridgehead atoms. The third-order valence-electron chi connectivity index (χ3n) is 9.72. The number of hydrogen-bond acceptors (Lipinski definition) is 4. The van der Waals surface area contributed by atoms with Crippen molar-refractivity contribution in [1.82, 2.24) is 14.4 Å². The Labute approximate surface area is 236 Å². The van der Waals surface area contributed by atoms with Gasteiger partial charge in [0.25, 0.3) is 11.8 Å². The van der Waals surface area contributed by atoms with Gasteiger partial charge in [0.15, 0.2) is 0 Å². The number of carbonyl (C=O) groups is 2. The van der Waals surface area contributed by atoms with Crippen LogP contribution < -0.4 is 0 Å². The fourth-order valence-electron chi connectivity index (χ4n) is 7.47. The summed E-state index contributed by atoms with van der Waals surface area (Å²) in [5, 5.41) is 1.05. The van der Waals surface area contributed by atoms with Crippen LogP contribution in [0.2, 0.25) is 0 Å². The lowest BCUT2D eigenvalue weighted by Crippen LogP contribution is -2.49. The minimum Gasteiger partial charge on any atom is -0.378 e. The molecule has 1 saturated carbocycles. The zero-order valence-electron chi connectivity index (χ0n) is 23.2. The van der Waals surface area contributed by atoms with E-state index in [1.165, 1.54) is 18.4 Å². The average Bonchev–Trinajstić information content (AvgIpc) is 3.50. The quantitative estimate of drug-likeness (QED) is 0.451. The van der Waals surface area contributed by atoms with E-state index in [0.29, 0.717) is 51.4 Å². The van der Waals surface area contributed by atoms with Gasteiger partial charge in [0.1, 0.15) is 0 Å². The molecule has 0 spiro atoms. The lowest BCUT2D eigenvalue weighted by molar-refractivity contribution is -0.00716. The number of nitrogens with zero attached hydrogens (tertiary/aromatic N) is 3. The van der Waals surface area contributed by atoms with Crippen LogP contribution in [0, 0.1) is 5.92 Å². The lowest BCUT2D eigenvalue weighted by Gasteiger charge is -2.34. The van der Waals surface area contributed by atoms with E-state index in [1.807, 2.05) is 23.1 Å². The molecule has 7 heteroatoms. The topological polar surface area (TPSA) is 64.0 Å². The van der Waals surface area contributed by atoms with Gasteiger partial charge in [0, 0.05) is 42.3 Å². The van der Waals surface area contributed by atoms with E-state index in [-0.39, 0.29) is 23.9 Å². The summed E-state index contributed by atoms with van der Waals surface area (Å²) in [6.07, 6.45) is 8.85. The fourth-order valence-corrected chi connectivity index (χ4v) is 7.47. The van der Waals surface area contributed by atoms with Crippen molar-refractivity contribution in [2.75, 3.05) is 39.5 Å². The summed E-state index contributed by atoms with van der Waals surface area (Å²) in [4.78, 5) is 30.6. The zero-order valence-corrected chi connectivity index (χ0v) is 23.2. The average molecular weight is 542 g/mol. The molecule has 1 aromatic heterocycles. The van der Waals surface area contributed by atoms with E-state index in [4.69, 9.17) is 9.47 Å². The van der Waals surface area contributed by atoms with Gasteiger partial charge in [-0.15, -0.1) is 0 Å². The first kappa shape index (κ1) is 25.8. The van der Waals surface area contributed by atoms with Crippen molar-refractivity contribution < 1.29 is 19.1 Å². The van der Waals surface area contributed by atoms with Gasteiger partial charge in [0.05, 0.1) is 44.1 Å². The van der Waals surface area contributed by atoms with Crippen molar-refractivity contribution in [1.29, 1.82) is 0 Å². The minimum absolute atomic E-state index is 0.116. The van der Waals surface area contributed by atoms with Crippen molar-refractivity contribution in [3.8, 4) is 0 Å². The first-order valence-electron chi connectivity index (χ1n) is 15.1. The van der Waals surface area contributed by atoms with Crippen molar-refractivity contribution in [2.24, 2.45) is 5.92 Å². The molecule has 7 nitrogen and oxygen atoms in total. The molecule has 0 radical (unpaired) electrons. The number of ether oxygens (including phenoxy) is 2. The maximum atomic E-state index is 13.3. The number of rotatable bonds is 5. The number of benzene rings is 2. The third-order valence-corrected chi connectivity index (χ3v) is 9.72. The Bertz CT molecular complexity index is 1350. The number of morpholine rings is 2. The van der Waals surface area contributed by atoms with Gasteiger partial charge in [-0.1, -0.05) is 30.3 Å². The SMILES string of the molecule is O=C(c1cn(CC2CCC(c3ccc(C(=O)N4C5CCC4COC5)cc3)CC2)c2ccccc12)N1CCOCC1. The molecular weight excluding hydrogens is 502 g/mol. The van der Waals surface area contributed by atoms with Crippen LogP contribution in [0.25, 0.3) is 10.9 Å². The van der Waals surface area contributed by atoms with E-state index in [1.54, 1.807) is 0 Å². The second kappa shape index (κ2) is 11.0. The molecule has 4 fully saturated rings. The van der Waals surface area contributed by atoms with E-state index >= 15 is 0 Å². The highest BCUT2D eigenvalue weighted by atomic mass is 16.5. The second-order valence-electron chi connectivity index (χ2n) is 12.1. The molecule has 40 heavy (non-hydrogen) atoms. The molecule has 2 amide bonds. The van der Waals surface area contributed by atoms with Crippen molar-refractivity contribution >= 4 is 22.7 Å². The summed E-state index contributed by atoms with van der Waals surface area (Å²) in [6.45, 7) is 4.83. The molecular formula is C33H39N3O4. The van der Waals surface area contributed by atoms with E-state index in [9.17, 15) is 9.59 Å². The Morgan fingerprint density at radius 1 is 0.775 bits per heavy atom. The number of para-hydroxylation sites is 1. The molecule has 4 aliphatic rings. The van der Waals surface area contributed by atoms with E-state index in [0.717, 1.165) is 54.3 Å². The monoisotopic (exact) mass is 541 g/mol. The van der Waals surface area contributed by atoms with Crippen molar-refractivity contribution in [3.63, 3.8) is 0 Å². The van der Waals surface area contributed by atoms with E-state index < -0.39 is 0 Å². The Balaban J connectivity index is 0.992. The van der Waals surface area contributed by atoms with Crippen LogP contribution in [-0.2, 0) is 16.0 Å². The first-order valence-corrected chi connectivity index (χ1v) is 15.1. The number of aromatic nitrogens is 1. The normalized spacial score (nSPS) is 26.8. The van der Waals surface area contributed by atoms with E-state index in [2.05, 4.69) is 46.0 Å². The first-order chi connectivity index (χ1) is 19.7. The number of hydrogen-bond donors (Lipinski definition) is 0. The predicted molar refractivity (Wildman–Crippen MR) is 154 cm³/mol. The highest BCUT2D eigenvalue weighted by molar-refractivity contribution is 6.07. The molecule has 2 aromatic carbocycles.